The molecule has 4 atom stereocenters. The van der Waals surface area contributed by atoms with Gasteiger partial charge in [0.2, 0.25) is 0 Å². The van der Waals surface area contributed by atoms with Crippen LogP contribution in [0.15, 0.2) is 502 Å². The van der Waals surface area contributed by atoms with Crippen molar-refractivity contribution in [2.24, 2.45) is 0 Å². The van der Waals surface area contributed by atoms with E-state index in [9.17, 15) is 0 Å². The van der Waals surface area contributed by atoms with Crippen molar-refractivity contribution < 1.29 is 13.9 Å². The van der Waals surface area contributed by atoms with Crippen molar-refractivity contribution >= 4 is 140 Å². The van der Waals surface area contributed by atoms with Gasteiger partial charge in [-0.05, 0) is 280 Å². The van der Waals surface area contributed by atoms with Gasteiger partial charge in [0.25, 0.3) is 0 Å². The van der Waals surface area contributed by atoms with E-state index in [1.54, 1.807) is 0 Å². The lowest BCUT2D eigenvalue weighted by Crippen LogP contribution is -2.15. The predicted octanol–water partition coefficient (Wildman–Crippen LogP) is 36.6. The Morgan fingerprint density at radius 2 is 0.482 bits per heavy atom. The molecule has 24 aromatic carbocycles. The van der Waals surface area contributed by atoms with Crippen molar-refractivity contribution in [3.05, 3.63) is 509 Å². The van der Waals surface area contributed by atoms with Crippen molar-refractivity contribution in [2.75, 3.05) is 0 Å². The highest BCUT2D eigenvalue weighted by atomic mass is 16.5. The van der Waals surface area contributed by atoms with E-state index in [0.29, 0.717) is 0 Å². The Bertz CT molecular complexity index is 9300. The van der Waals surface area contributed by atoms with Crippen LogP contribution in [0.4, 0.5) is 0 Å². The molecule has 4 unspecified atom stereocenters. The van der Waals surface area contributed by atoms with Crippen molar-refractivity contribution in [2.45, 2.75) is 24.0 Å². The monoisotopic (exact) mass is 1740 g/mol. The van der Waals surface area contributed by atoms with Crippen LogP contribution in [0.1, 0.15) is 23.0 Å². The minimum Gasteiger partial charge on any atom is -0.485 e. The summed E-state index contributed by atoms with van der Waals surface area (Å²) in [5.41, 5.74) is 26.5. The third-order valence-electron chi connectivity index (χ3n) is 29.2. The van der Waals surface area contributed by atoms with Crippen LogP contribution in [0, 0.1) is 0 Å². The molecule has 0 N–H and O–H groups in total. The van der Waals surface area contributed by atoms with Crippen LogP contribution in [-0.2, 0) is 0 Å². The largest absolute Gasteiger partial charge is 0.485 e. The molecule has 137 heavy (non-hydrogen) atoms. The fourth-order valence-corrected chi connectivity index (χ4v) is 23.0. The summed E-state index contributed by atoms with van der Waals surface area (Å²) in [5, 5.41) is 29.8. The van der Waals surface area contributed by atoms with E-state index in [1.165, 1.54) is 224 Å². The zero-order valence-electron chi connectivity index (χ0n) is 74.9. The third-order valence-corrected chi connectivity index (χ3v) is 29.2. The van der Waals surface area contributed by atoms with Crippen LogP contribution in [0.3, 0.4) is 0 Å². The van der Waals surface area contributed by atoms with Crippen LogP contribution in [0.25, 0.3) is 241 Å². The number of allylic oxidation sites excluding steroid dienone is 4. The van der Waals surface area contributed by atoms with Gasteiger partial charge in [-0.1, -0.05) is 425 Å². The van der Waals surface area contributed by atoms with Crippen molar-refractivity contribution in [3.63, 3.8) is 0 Å². The summed E-state index contributed by atoms with van der Waals surface area (Å²) in [6.45, 7) is 0. The molecule has 2 aliphatic carbocycles. The Labute approximate surface area is 793 Å². The normalized spacial score (nSPS) is 15.0. The second-order valence-electron chi connectivity index (χ2n) is 36.8. The molecule has 3 heteroatoms. The SMILES string of the molecule is C1=CC2Oc3c(-c4ccccc4)ccc(-c4c5ccccc5c(-c5ccc6ccccc6c5)c5ccccc45)c3C2C=C1.C1=CC2Oc3cc(-c4ccc5ccccc5c4)cc(-c4c5ccccc5c(-c5ccc6ccccc6c5)c5ccccc45)c3C2C=C1.c1ccc2cc(-c3c4ccccc4c(-c4ccc5oc6ccccc6c5c4-c4ccc5ccccc5c4)c4ccccc34)ccc2c1. The van der Waals surface area contributed by atoms with E-state index in [1.807, 2.05) is 6.07 Å². The van der Waals surface area contributed by atoms with Crippen LogP contribution >= 0.6 is 0 Å². The maximum atomic E-state index is 6.78. The maximum absolute atomic E-state index is 6.78. The summed E-state index contributed by atoms with van der Waals surface area (Å²) in [6.07, 6.45) is 17.6. The zero-order valence-corrected chi connectivity index (χ0v) is 74.9. The minimum absolute atomic E-state index is 0.00184. The average Bonchev–Trinajstić information content (AvgIpc) is 1.70. The van der Waals surface area contributed by atoms with Gasteiger partial charge in [-0.15, -0.1) is 0 Å². The Morgan fingerprint density at radius 3 is 0.912 bits per heavy atom. The molecule has 0 bridgehead atoms. The molecule has 1 aromatic heterocycles. The molecular weight excluding hydrogens is 1660 g/mol. The van der Waals surface area contributed by atoms with Crippen LogP contribution < -0.4 is 9.47 Å². The van der Waals surface area contributed by atoms with Gasteiger partial charge in [0.05, 0.1) is 0 Å². The molecule has 25 aromatic rings. The van der Waals surface area contributed by atoms with Gasteiger partial charge in [0, 0.05) is 44.9 Å². The summed E-state index contributed by atoms with van der Waals surface area (Å²) in [4.78, 5) is 0. The molecule has 640 valence electrons. The molecule has 3 heterocycles. The lowest BCUT2D eigenvalue weighted by Gasteiger charge is -2.21. The molecule has 2 aliphatic heterocycles. The smallest absolute Gasteiger partial charge is 0.136 e. The van der Waals surface area contributed by atoms with Gasteiger partial charge in [0.1, 0.15) is 34.9 Å². The Kier molecular flexibility index (Phi) is 18.9. The number of benzene rings is 24. The van der Waals surface area contributed by atoms with E-state index >= 15 is 0 Å². The quantitative estimate of drug-likeness (QED) is 0.135. The second kappa shape index (κ2) is 32.8. The number of furan rings is 1. The molecule has 3 nitrogen and oxygen atoms in total. The van der Waals surface area contributed by atoms with Gasteiger partial charge in [0.15, 0.2) is 0 Å². The highest BCUT2D eigenvalue weighted by Gasteiger charge is 2.39. The summed E-state index contributed by atoms with van der Waals surface area (Å²) in [7, 11) is 0. The molecule has 0 fully saturated rings. The number of hydrogen-bond donors (Lipinski definition) is 0. The summed E-state index contributed by atoms with van der Waals surface area (Å²) in [6, 6.07) is 164. The zero-order chi connectivity index (χ0) is 90.1. The van der Waals surface area contributed by atoms with Crippen LogP contribution in [0.5, 0.6) is 11.5 Å². The average molecular weight is 1740 g/mol. The van der Waals surface area contributed by atoms with Crippen LogP contribution in [-0.4, -0.2) is 12.2 Å². The van der Waals surface area contributed by atoms with Gasteiger partial charge in [-0.25, -0.2) is 0 Å². The molecule has 0 spiro atoms. The first-order chi connectivity index (χ1) is 68.0. The molecule has 0 saturated carbocycles. The van der Waals surface area contributed by atoms with E-state index in [4.69, 9.17) is 13.9 Å². The van der Waals surface area contributed by atoms with Gasteiger partial charge in [-0.2, -0.15) is 0 Å². The van der Waals surface area contributed by atoms with Crippen molar-refractivity contribution in [1.82, 2.24) is 0 Å². The van der Waals surface area contributed by atoms with Crippen LogP contribution in [0.2, 0.25) is 0 Å². The fourth-order valence-electron chi connectivity index (χ4n) is 23.0. The number of fused-ring (bicyclic) bond motifs is 20. The first-order valence-corrected chi connectivity index (χ1v) is 47.6. The van der Waals surface area contributed by atoms with Gasteiger partial charge >= 0.3 is 0 Å². The maximum Gasteiger partial charge on any atom is 0.136 e. The number of rotatable bonds is 9. The Morgan fingerprint density at radius 1 is 0.168 bits per heavy atom. The minimum atomic E-state index is -0.00463. The summed E-state index contributed by atoms with van der Waals surface area (Å²) >= 11 is 0. The fraction of sp³-hybridized carbons (Fsp3) is 0.0299. The molecule has 29 rings (SSSR count). The van der Waals surface area contributed by atoms with Gasteiger partial charge < -0.3 is 13.9 Å². The number of hydrogen-bond acceptors (Lipinski definition) is 3. The molecule has 0 saturated heterocycles. The number of ether oxygens (including phenoxy) is 2. The highest BCUT2D eigenvalue weighted by Crippen LogP contribution is 2.58. The van der Waals surface area contributed by atoms with E-state index < -0.39 is 0 Å². The summed E-state index contributed by atoms with van der Waals surface area (Å²) < 4.78 is 20.0. The lowest BCUT2D eigenvalue weighted by atomic mass is 9.80. The molecule has 0 radical (unpaired) electrons. The number of para-hydroxylation sites is 1. The van der Waals surface area contributed by atoms with Crippen molar-refractivity contribution in [3.8, 4) is 112 Å². The van der Waals surface area contributed by atoms with Crippen molar-refractivity contribution in [1.29, 1.82) is 0 Å². The predicted molar refractivity (Wildman–Crippen MR) is 579 cm³/mol. The topological polar surface area (TPSA) is 31.6 Å². The highest BCUT2D eigenvalue weighted by molar-refractivity contribution is 6.28. The molecule has 4 aliphatic rings. The summed E-state index contributed by atoms with van der Waals surface area (Å²) in [5.74, 6) is 2.30. The lowest BCUT2D eigenvalue weighted by molar-refractivity contribution is 0.269. The third kappa shape index (κ3) is 13.3. The Hall–Kier alpha value is -17.5. The second-order valence-corrected chi connectivity index (χ2v) is 36.8. The van der Waals surface area contributed by atoms with E-state index in [2.05, 4.69) is 491 Å². The Balaban J connectivity index is 0.000000104. The molecular formula is C134H86O3. The van der Waals surface area contributed by atoms with Gasteiger partial charge in [-0.3, -0.25) is 0 Å². The van der Waals surface area contributed by atoms with E-state index in [0.717, 1.165) is 39.0 Å². The first kappa shape index (κ1) is 79.3. The first-order valence-electron chi connectivity index (χ1n) is 47.6. The van der Waals surface area contributed by atoms with E-state index in [-0.39, 0.29) is 24.0 Å². The standard InChI is InChI=1S/C46H30O.C46H28O.C42H28O/c1-3-13-31-25-33(23-21-29(31)11-1)35-27-41(46-40-19-9-10-20-42(40)47-43(46)28-35)45-38-17-7-5-15-36(38)44(37-16-6-8-18-39(37)45)34-24-22-30-12-2-4-14-32(30)26-34;1-3-13-31-27-33(23-21-29(31)11-1)43-35-15-5-7-17-37(35)45(38-18-8-6-16-36(38)43)40-25-26-42-46(39-19-9-10-20-41(39)47-42)44(40)34-24-22-30-12-2-4-14-32(30)28-34;1-2-13-28(14-3-1)31-24-25-37(41-36-20-10-11-21-38(36)43-42(31)41)40-34-18-8-6-16-32(34)39(33-17-7-9-19-35(33)40)30-23-22-27-12-4-5-15-29(27)26-30/h1-28,40,42H;1-28H;1-26,36,38H. The molecule has 0 amide bonds.